The van der Waals surface area contributed by atoms with E-state index in [1.54, 1.807) is 27.7 Å². The summed E-state index contributed by atoms with van der Waals surface area (Å²) in [7, 11) is 0. The van der Waals surface area contributed by atoms with Crippen molar-refractivity contribution < 1.29 is 50.4 Å². The summed E-state index contributed by atoms with van der Waals surface area (Å²) < 4.78 is 9.91. The molecule has 10 radical (unpaired) electrons. The first-order valence-corrected chi connectivity index (χ1v) is 9.12. The molecule has 7 heteroatoms. The number of carboxylic acids is 2. The molecule has 2 aliphatic carbocycles. The Morgan fingerprint density at radius 3 is 0.903 bits per heavy atom. The van der Waals surface area contributed by atoms with Crippen molar-refractivity contribution in [3.63, 3.8) is 0 Å². The van der Waals surface area contributed by atoms with E-state index < -0.39 is 11.9 Å². The van der Waals surface area contributed by atoms with Gasteiger partial charge >= 0.3 is 21.7 Å². The molecule has 0 aliphatic heterocycles. The van der Waals surface area contributed by atoms with Crippen LogP contribution in [-0.4, -0.2) is 11.9 Å². The number of furan rings is 2. The summed E-state index contributed by atoms with van der Waals surface area (Å²) >= 11 is 0. The van der Waals surface area contributed by atoms with Gasteiger partial charge in [0.2, 0.25) is 0 Å². The maximum absolute atomic E-state index is 10.3. The van der Waals surface area contributed by atoms with E-state index in [1.165, 1.54) is 12.1 Å². The van der Waals surface area contributed by atoms with E-state index in [-0.39, 0.29) is 32.8 Å². The molecule has 2 aliphatic rings. The second-order valence-electron chi connectivity index (χ2n) is 6.15. The molecule has 2 heterocycles. The Morgan fingerprint density at radius 2 is 0.806 bits per heavy atom. The van der Waals surface area contributed by atoms with Crippen LogP contribution in [0.4, 0.5) is 0 Å². The molecular formula is C24H24O6Ti+2. The number of carboxylic acid groups (broad SMARTS) is 2. The molecule has 0 unspecified atom stereocenters. The van der Waals surface area contributed by atoms with Crippen LogP contribution < -0.4 is 10.2 Å². The van der Waals surface area contributed by atoms with Crippen molar-refractivity contribution in [1.29, 1.82) is 0 Å². The third kappa shape index (κ3) is 12.0. The number of rotatable bonds is 2. The van der Waals surface area contributed by atoms with Gasteiger partial charge in [-0.15, -0.1) is 0 Å². The van der Waals surface area contributed by atoms with Crippen LogP contribution >= 0.6 is 0 Å². The van der Waals surface area contributed by atoms with E-state index in [0.717, 1.165) is 0 Å². The molecule has 6 nitrogen and oxygen atoms in total. The first-order valence-electron chi connectivity index (χ1n) is 9.12. The van der Waals surface area contributed by atoms with Gasteiger partial charge in [-0.1, -0.05) is 0 Å². The van der Waals surface area contributed by atoms with Crippen LogP contribution in [0.25, 0.3) is 0 Å². The summed E-state index contributed by atoms with van der Waals surface area (Å²) in [6.07, 6.45) is 20.0. The summed E-state index contributed by atoms with van der Waals surface area (Å²) in [4.78, 5) is 20.5. The van der Waals surface area contributed by atoms with E-state index in [9.17, 15) is 19.8 Å². The Hall–Kier alpha value is -1.79. The fourth-order valence-corrected chi connectivity index (χ4v) is 2.31. The van der Waals surface area contributed by atoms with E-state index in [4.69, 9.17) is 8.83 Å². The van der Waals surface area contributed by atoms with Crippen molar-refractivity contribution in [2.75, 3.05) is 0 Å². The Kier molecular flexibility index (Phi) is 15.0. The van der Waals surface area contributed by atoms with E-state index in [2.05, 4.69) is 0 Å². The zero-order valence-electron chi connectivity index (χ0n) is 17.9. The standard InChI is InChI=1S/2C7H8O3.2C5H5.Ti/c2*1-4-3-6(7(8)9)5(2)10-4;2*1-2-4-5-3-1;/h2*3H,1-2H3,(H,8,9);2*1-5H;/q;;;;+4/p-2. The first kappa shape index (κ1) is 29.2. The molecule has 31 heavy (non-hydrogen) atoms. The van der Waals surface area contributed by atoms with Crippen molar-refractivity contribution in [2.24, 2.45) is 0 Å². The molecule has 2 aromatic rings. The monoisotopic (exact) mass is 456 g/mol. The predicted molar refractivity (Wildman–Crippen MR) is 108 cm³/mol. The second-order valence-corrected chi connectivity index (χ2v) is 6.15. The number of carbonyl (C=O) groups is 2. The third-order valence-corrected chi connectivity index (χ3v) is 3.63. The molecular weight excluding hydrogens is 432 g/mol. The molecule has 2 saturated carbocycles. The van der Waals surface area contributed by atoms with Crippen LogP contribution in [0.1, 0.15) is 43.8 Å². The van der Waals surface area contributed by atoms with Gasteiger partial charge in [0, 0.05) is 11.1 Å². The van der Waals surface area contributed by atoms with Gasteiger partial charge in [-0.2, -0.15) is 0 Å². The molecule has 0 atom stereocenters. The second kappa shape index (κ2) is 15.9. The minimum atomic E-state index is -1.19. The Labute approximate surface area is 200 Å². The van der Waals surface area contributed by atoms with Gasteiger partial charge in [0.15, 0.2) is 0 Å². The fourth-order valence-electron chi connectivity index (χ4n) is 2.31. The van der Waals surface area contributed by atoms with Gasteiger partial charge in [-0.25, -0.2) is 0 Å². The molecule has 0 aromatic carbocycles. The predicted octanol–water partition coefficient (Wildman–Crippen LogP) is 2.56. The average Bonchev–Trinajstić information content (AvgIpc) is 3.45. The summed E-state index contributed by atoms with van der Waals surface area (Å²) in [5.41, 5.74) is 0.273. The molecule has 2 fully saturated rings. The maximum atomic E-state index is 10.3. The van der Waals surface area contributed by atoms with Gasteiger partial charge in [0.05, 0.1) is 11.9 Å². The molecule has 4 rings (SSSR count). The topological polar surface area (TPSA) is 107 Å². The summed E-state index contributed by atoms with van der Waals surface area (Å²) in [6, 6.07) is 2.90. The van der Waals surface area contributed by atoms with E-state index >= 15 is 0 Å². The molecule has 0 saturated heterocycles. The van der Waals surface area contributed by atoms with Crippen molar-refractivity contribution in [3.8, 4) is 0 Å². The minimum Gasteiger partial charge on any atom is -0.545 e. The van der Waals surface area contributed by atoms with Crippen LogP contribution in [0.2, 0.25) is 0 Å². The van der Waals surface area contributed by atoms with Crippen molar-refractivity contribution in [2.45, 2.75) is 27.7 Å². The Bertz CT molecular complexity index is 701. The Balaban J connectivity index is 0.000000401. The molecule has 0 amide bonds. The van der Waals surface area contributed by atoms with Gasteiger partial charge in [0.25, 0.3) is 0 Å². The minimum absolute atomic E-state index is 0. The quantitative estimate of drug-likeness (QED) is 0.643. The zero-order chi connectivity index (χ0) is 22.5. The van der Waals surface area contributed by atoms with E-state index in [0.29, 0.717) is 23.0 Å². The van der Waals surface area contributed by atoms with Crippen LogP contribution in [0, 0.1) is 91.9 Å². The Morgan fingerprint density at radius 1 is 0.581 bits per heavy atom. The van der Waals surface area contributed by atoms with E-state index in [1.807, 2.05) is 64.2 Å². The number of hydrogen-bond acceptors (Lipinski definition) is 6. The maximum Gasteiger partial charge on any atom is 4.00 e. The average molecular weight is 456 g/mol. The summed E-state index contributed by atoms with van der Waals surface area (Å²) in [6.45, 7) is 6.58. The molecule has 0 spiro atoms. The van der Waals surface area contributed by atoms with Gasteiger partial charge < -0.3 is 28.6 Å². The van der Waals surface area contributed by atoms with Crippen LogP contribution in [0.15, 0.2) is 21.0 Å². The number of aryl methyl sites for hydroxylation is 4. The largest absolute Gasteiger partial charge is 4.00 e. The number of hydrogen-bond donors (Lipinski definition) is 0. The van der Waals surface area contributed by atoms with Crippen molar-refractivity contribution in [3.05, 3.63) is 111 Å². The van der Waals surface area contributed by atoms with Crippen molar-refractivity contribution >= 4 is 11.9 Å². The molecule has 0 bridgehead atoms. The van der Waals surface area contributed by atoms with Gasteiger partial charge in [-0.3, -0.25) is 0 Å². The van der Waals surface area contributed by atoms with Gasteiger partial charge in [0.1, 0.15) is 23.0 Å². The summed E-state index contributed by atoms with van der Waals surface area (Å²) in [5.74, 6) is -0.382. The van der Waals surface area contributed by atoms with Gasteiger partial charge in [-0.05, 0) is 104 Å². The van der Waals surface area contributed by atoms with Crippen molar-refractivity contribution in [1.82, 2.24) is 0 Å². The van der Waals surface area contributed by atoms with Crippen LogP contribution in [0.5, 0.6) is 0 Å². The number of carbonyl (C=O) groups excluding carboxylic acids is 2. The SMILES string of the molecule is Cc1cc(C(=O)[O-])c(C)o1.Cc1cc(C(=O)[O-])c(C)o1.[CH]1[CH][CH][CH][CH]1.[CH]1[CH][CH][CH][CH]1.[Ti+4]. The molecule has 0 N–H and O–H groups in total. The normalized spacial score (nSPS) is 14.1. The third-order valence-electron chi connectivity index (χ3n) is 3.63. The molecule has 2 aromatic heterocycles. The fraction of sp³-hybridized carbons (Fsp3) is 0.167. The molecule has 158 valence electrons. The zero-order valence-corrected chi connectivity index (χ0v) is 19.4. The smallest absolute Gasteiger partial charge is 0.545 e. The summed E-state index contributed by atoms with van der Waals surface area (Å²) in [5, 5.41) is 20.5. The van der Waals surface area contributed by atoms with Crippen LogP contribution in [-0.2, 0) is 21.7 Å². The number of aromatic carboxylic acids is 2. The first-order chi connectivity index (χ1) is 14.2. The van der Waals surface area contributed by atoms with Crippen LogP contribution in [0.3, 0.4) is 0 Å².